The Kier molecular flexibility index (Phi) is 5.80. The van der Waals surface area contributed by atoms with Gasteiger partial charge in [-0.3, -0.25) is 19.7 Å². The molecule has 0 radical (unpaired) electrons. The van der Waals surface area contributed by atoms with Crippen molar-refractivity contribution < 1.29 is 28.7 Å². The summed E-state index contributed by atoms with van der Waals surface area (Å²) >= 11 is 0. The fourth-order valence-electron chi connectivity index (χ4n) is 5.01. The Hall–Kier alpha value is -4.08. The Balaban J connectivity index is 1.27. The Morgan fingerprint density at radius 3 is 2.60 bits per heavy atom. The number of nitrogens with one attached hydrogen (secondary N) is 2. The zero-order valence-corrected chi connectivity index (χ0v) is 19.6. The topological polar surface area (TPSA) is 117 Å². The number of hydrogen-bond donors (Lipinski definition) is 2. The second kappa shape index (κ2) is 8.94. The number of benzene rings is 2. The van der Waals surface area contributed by atoms with E-state index in [1.54, 1.807) is 37.3 Å². The van der Waals surface area contributed by atoms with Gasteiger partial charge >= 0.3 is 6.03 Å². The predicted octanol–water partition coefficient (Wildman–Crippen LogP) is 2.05. The van der Waals surface area contributed by atoms with Crippen LogP contribution >= 0.6 is 0 Å². The van der Waals surface area contributed by atoms with Crippen molar-refractivity contribution in [2.45, 2.75) is 38.4 Å². The molecule has 10 heteroatoms. The number of nitrogens with zero attached hydrogens (tertiary/aromatic N) is 2. The van der Waals surface area contributed by atoms with E-state index in [0.717, 1.165) is 16.7 Å². The van der Waals surface area contributed by atoms with Crippen molar-refractivity contribution in [2.24, 2.45) is 0 Å². The van der Waals surface area contributed by atoms with Crippen LogP contribution in [0.2, 0.25) is 0 Å². The number of ether oxygens (including phenoxy) is 2. The highest BCUT2D eigenvalue weighted by molar-refractivity contribution is 6.05. The quantitative estimate of drug-likeness (QED) is 0.650. The van der Waals surface area contributed by atoms with Crippen LogP contribution in [0.25, 0.3) is 0 Å². The van der Waals surface area contributed by atoms with Crippen LogP contribution in [-0.2, 0) is 29.1 Å². The molecule has 2 N–H and O–H groups in total. The molecule has 3 aliphatic rings. The number of carbonyl (C=O) groups is 4. The molecule has 3 heterocycles. The molecular weight excluding hydrogens is 452 g/mol. The summed E-state index contributed by atoms with van der Waals surface area (Å²) in [6.07, 6.45) is 1.15. The summed E-state index contributed by atoms with van der Waals surface area (Å²) in [7, 11) is 3.21. The highest BCUT2D eigenvalue weighted by atomic mass is 16.5. The lowest BCUT2D eigenvalue weighted by atomic mass is 9.98. The molecule has 35 heavy (non-hydrogen) atoms. The highest BCUT2D eigenvalue weighted by Gasteiger charge is 2.39. The van der Waals surface area contributed by atoms with E-state index < -0.39 is 11.9 Å². The number of anilines is 1. The van der Waals surface area contributed by atoms with Crippen molar-refractivity contribution in [3.8, 4) is 11.5 Å². The summed E-state index contributed by atoms with van der Waals surface area (Å²) in [5, 5.41) is 5.22. The van der Waals surface area contributed by atoms with Gasteiger partial charge in [0.05, 0.1) is 14.2 Å². The summed E-state index contributed by atoms with van der Waals surface area (Å²) in [5.74, 6) is 0.357. The third-order valence-electron chi connectivity index (χ3n) is 6.80. The lowest BCUT2D eigenvalue weighted by Crippen LogP contribution is -2.52. The zero-order chi connectivity index (χ0) is 24.7. The minimum atomic E-state index is -0.672. The monoisotopic (exact) mass is 478 g/mol. The van der Waals surface area contributed by atoms with E-state index in [1.165, 1.54) is 4.90 Å². The molecule has 2 aromatic rings. The van der Waals surface area contributed by atoms with E-state index >= 15 is 0 Å². The molecule has 1 unspecified atom stereocenters. The van der Waals surface area contributed by atoms with Gasteiger partial charge in [-0.15, -0.1) is 0 Å². The van der Waals surface area contributed by atoms with Crippen LogP contribution in [0.1, 0.15) is 39.9 Å². The summed E-state index contributed by atoms with van der Waals surface area (Å²) in [6, 6.07) is 8.00. The maximum atomic E-state index is 13.0. The van der Waals surface area contributed by atoms with E-state index in [2.05, 4.69) is 10.6 Å². The molecule has 2 aromatic carbocycles. The van der Waals surface area contributed by atoms with Crippen LogP contribution in [-0.4, -0.2) is 60.4 Å². The Morgan fingerprint density at radius 2 is 1.86 bits per heavy atom. The van der Waals surface area contributed by atoms with Crippen molar-refractivity contribution >= 4 is 29.4 Å². The molecule has 0 spiro atoms. The van der Waals surface area contributed by atoms with Crippen molar-refractivity contribution in [1.29, 1.82) is 0 Å². The lowest BCUT2D eigenvalue weighted by Gasteiger charge is -2.30. The Morgan fingerprint density at radius 1 is 1.03 bits per heavy atom. The highest BCUT2D eigenvalue weighted by Crippen LogP contribution is 2.36. The average molecular weight is 479 g/mol. The molecule has 0 aliphatic carbocycles. The summed E-state index contributed by atoms with van der Waals surface area (Å²) in [5.41, 5.74) is 3.85. The summed E-state index contributed by atoms with van der Waals surface area (Å²) in [6.45, 7) is 1.21. The number of urea groups is 1. The molecular formula is C25H26N4O6. The largest absolute Gasteiger partial charge is 0.493 e. The number of rotatable bonds is 4. The lowest BCUT2D eigenvalue weighted by molar-refractivity contribution is -0.136. The molecule has 1 fully saturated rings. The van der Waals surface area contributed by atoms with Gasteiger partial charge in [0.25, 0.3) is 5.91 Å². The number of amides is 5. The molecule has 5 amide bonds. The molecule has 1 saturated heterocycles. The zero-order valence-electron chi connectivity index (χ0n) is 19.6. The normalized spacial score (nSPS) is 19.1. The van der Waals surface area contributed by atoms with Gasteiger partial charge in [0, 0.05) is 42.9 Å². The first kappa shape index (κ1) is 22.7. The Bertz CT molecular complexity index is 1240. The maximum absolute atomic E-state index is 13.0. The van der Waals surface area contributed by atoms with Gasteiger partial charge in [-0.1, -0.05) is 6.07 Å². The van der Waals surface area contributed by atoms with Gasteiger partial charge < -0.3 is 24.6 Å². The first-order valence-electron chi connectivity index (χ1n) is 11.5. The SMILES string of the molecule is COc1ccc2c(c1OC)CCN(C(=O)Nc1ccc3c(c1)CN(C1CCC(=O)NC1=O)C3=O)C2. The molecule has 1 atom stereocenters. The fourth-order valence-corrected chi connectivity index (χ4v) is 5.01. The minimum Gasteiger partial charge on any atom is -0.493 e. The molecule has 182 valence electrons. The molecule has 0 aromatic heterocycles. The predicted molar refractivity (Wildman–Crippen MR) is 125 cm³/mol. The molecule has 5 rings (SSSR count). The van der Waals surface area contributed by atoms with Gasteiger partial charge in [-0.05, 0) is 48.2 Å². The van der Waals surface area contributed by atoms with E-state index in [9.17, 15) is 19.2 Å². The Labute approximate surface area is 202 Å². The smallest absolute Gasteiger partial charge is 0.322 e. The third kappa shape index (κ3) is 4.05. The van der Waals surface area contributed by atoms with Crippen LogP contribution in [0.3, 0.4) is 0 Å². The second-order valence-electron chi connectivity index (χ2n) is 8.81. The average Bonchev–Trinajstić information content (AvgIpc) is 3.18. The standard InChI is InChI=1S/C25H26N4O6/c1-34-20-7-3-14-12-28(10-9-17(14)22(20)35-2)25(33)26-16-4-5-18-15(11-16)13-29(24(18)32)19-6-8-21(30)27-23(19)31/h3-5,7,11,19H,6,8-10,12-13H2,1-2H3,(H,26,33)(H,27,30,31). The first-order chi connectivity index (χ1) is 16.9. The van der Waals surface area contributed by atoms with Crippen LogP contribution in [0.4, 0.5) is 10.5 Å². The van der Waals surface area contributed by atoms with Gasteiger partial charge in [0.15, 0.2) is 11.5 Å². The van der Waals surface area contributed by atoms with E-state index in [-0.39, 0.29) is 30.8 Å². The van der Waals surface area contributed by atoms with Crippen molar-refractivity contribution in [1.82, 2.24) is 15.1 Å². The summed E-state index contributed by atoms with van der Waals surface area (Å²) < 4.78 is 10.9. The first-order valence-corrected chi connectivity index (χ1v) is 11.5. The van der Waals surface area contributed by atoms with Crippen molar-refractivity contribution in [3.05, 3.63) is 52.6 Å². The van der Waals surface area contributed by atoms with Crippen molar-refractivity contribution in [3.63, 3.8) is 0 Å². The molecule has 0 bridgehead atoms. The van der Waals surface area contributed by atoms with Crippen LogP contribution in [0.15, 0.2) is 30.3 Å². The van der Waals surface area contributed by atoms with Crippen LogP contribution in [0.5, 0.6) is 11.5 Å². The number of piperidine rings is 1. The maximum Gasteiger partial charge on any atom is 0.322 e. The molecule has 10 nitrogen and oxygen atoms in total. The molecule has 0 saturated carbocycles. The molecule has 3 aliphatic heterocycles. The van der Waals surface area contributed by atoms with Crippen LogP contribution in [0, 0.1) is 0 Å². The second-order valence-corrected chi connectivity index (χ2v) is 8.81. The van der Waals surface area contributed by atoms with E-state index in [1.807, 2.05) is 12.1 Å². The number of imide groups is 1. The number of methoxy groups -OCH3 is 2. The third-order valence-corrected chi connectivity index (χ3v) is 6.80. The number of carbonyl (C=O) groups excluding carboxylic acids is 4. The van der Waals surface area contributed by atoms with Gasteiger partial charge in [0.2, 0.25) is 11.8 Å². The fraction of sp³-hybridized carbons (Fsp3) is 0.360. The van der Waals surface area contributed by atoms with E-state index in [0.29, 0.717) is 48.7 Å². The van der Waals surface area contributed by atoms with Gasteiger partial charge in [0.1, 0.15) is 6.04 Å². The van der Waals surface area contributed by atoms with Crippen molar-refractivity contribution in [2.75, 3.05) is 26.1 Å². The van der Waals surface area contributed by atoms with E-state index in [4.69, 9.17) is 9.47 Å². The number of hydrogen-bond acceptors (Lipinski definition) is 6. The minimum absolute atomic E-state index is 0.204. The summed E-state index contributed by atoms with van der Waals surface area (Å²) in [4.78, 5) is 52.8. The van der Waals surface area contributed by atoms with Crippen LogP contribution < -0.4 is 20.1 Å². The number of fused-ring (bicyclic) bond motifs is 2. The van der Waals surface area contributed by atoms with Gasteiger partial charge in [-0.2, -0.15) is 0 Å². The van der Waals surface area contributed by atoms with Gasteiger partial charge in [-0.25, -0.2) is 4.79 Å².